The van der Waals surface area contributed by atoms with Crippen LogP contribution in [0.5, 0.6) is 0 Å². The molecule has 1 fully saturated rings. The van der Waals surface area contributed by atoms with E-state index in [-0.39, 0.29) is 11.7 Å². The van der Waals surface area contributed by atoms with E-state index in [1.807, 2.05) is 13.0 Å². The van der Waals surface area contributed by atoms with Gasteiger partial charge in [-0.25, -0.2) is 4.39 Å². The minimum Gasteiger partial charge on any atom is -0.268 e. The number of hydrogen-bond donors (Lipinski definition) is 0. The van der Waals surface area contributed by atoms with Gasteiger partial charge in [0, 0.05) is 18.0 Å². The maximum atomic E-state index is 14.7. The first-order valence-electron chi connectivity index (χ1n) is 13.8. The molecule has 2 aliphatic rings. The molecule has 2 nitrogen and oxygen atoms in total. The molecule has 1 unspecified atom stereocenters. The Bertz CT molecular complexity index is 1050. The number of allylic oxidation sites excluding steroid dienone is 5. The van der Waals surface area contributed by atoms with E-state index in [0.29, 0.717) is 5.92 Å². The van der Waals surface area contributed by atoms with Gasteiger partial charge in [0.05, 0.1) is 11.4 Å². The number of benzene rings is 1. The van der Waals surface area contributed by atoms with Crippen molar-refractivity contribution in [3.05, 3.63) is 77.4 Å². The lowest BCUT2D eigenvalue weighted by Crippen LogP contribution is -2.21. The summed E-state index contributed by atoms with van der Waals surface area (Å²) in [5.41, 5.74) is 6.89. The molecule has 0 aliphatic heterocycles. The van der Waals surface area contributed by atoms with Crippen LogP contribution in [0.2, 0.25) is 0 Å². The molecule has 2 aromatic rings. The van der Waals surface area contributed by atoms with Gasteiger partial charge in [-0.15, -0.1) is 6.58 Å². The smallest absolute Gasteiger partial charge is 0.122 e. The van der Waals surface area contributed by atoms with E-state index >= 15 is 0 Å². The van der Waals surface area contributed by atoms with Crippen molar-refractivity contribution < 1.29 is 4.39 Å². The van der Waals surface area contributed by atoms with Crippen molar-refractivity contribution in [1.82, 2.24) is 9.78 Å². The summed E-state index contributed by atoms with van der Waals surface area (Å²) in [7, 11) is 0. The van der Waals surface area contributed by atoms with Gasteiger partial charge in [-0.1, -0.05) is 74.6 Å². The largest absolute Gasteiger partial charge is 0.268 e. The zero-order valence-corrected chi connectivity index (χ0v) is 22.0. The molecular formula is C32H43FN2. The van der Waals surface area contributed by atoms with Crippen molar-refractivity contribution in [2.24, 2.45) is 11.8 Å². The van der Waals surface area contributed by atoms with E-state index < -0.39 is 0 Å². The van der Waals surface area contributed by atoms with Crippen LogP contribution in [-0.2, 0) is 13.0 Å². The second kappa shape index (κ2) is 12.0. The normalized spacial score (nSPS) is 22.6. The van der Waals surface area contributed by atoms with Crippen LogP contribution in [0.25, 0.3) is 11.1 Å². The number of aromatic nitrogens is 2. The Kier molecular flexibility index (Phi) is 8.81. The average Bonchev–Trinajstić information content (AvgIpc) is 3.20. The van der Waals surface area contributed by atoms with E-state index in [1.165, 1.54) is 73.0 Å². The van der Waals surface area contributed by atoms with Gasteiger partial charge in [-0.3, -0.25) is 4.68 Å². The molecule has 0 saturated heterocycles. The van der Waals surface area contributed by atoms with Gasteiger partial charge in [0.25, 0.3) is 0 Å². The summed E-state index contributed by atoms with van der Waals surface area (Å²) in [5, 5.41) is 5.21. The minimum absolute atomic E-state index is 0.0329. The van der Waals surface area contributed by atoms with Crippen LogP contribution >= 0.6 is 0 Å². The van der Waals surface area contributed by atoms with Gasteiger partial charge in [-0.2, -0.15) is 5.10 Å². The Balaban J connectivity index is 1.59. The third kappa shape index (κ3) is 6.42. The number of nitrogens with zero attached hydrogens (tertiary/aromatic N) is 2. The predicted molar refractivity (Wildman–Crippen MR) is 146 cm³/mol. The summed E-state index contributed by atoms with van der Waals surface area (Å²) >= 11 is 0. The zero-order valence-electron chi connectivity index (χ0n) is 22.0. The summed E-state index contributed by atoms with van der Waals surface area (Å²) in [6.45, 7) is 11.2. The Hall–Kier alpha value is -2.42. The van der Waals surface area contributed by atoms with E-state index in [2.05, 4.69) is 61.5 Å². The van der Waals surface area contributed by atoms with Crippen molar-refractivity contribution in [3.8, 4) is 11.1 Å². The molecule has 35 heavy (non-hydrogen) atoms. The molecule has 1 heterocycles. The maximum absolute atomic E-state index is 14.7. The lowest BCUT2D eigenvalue weighted by atomic mass is 9.79. The summed E-state index contributed by atoms with van der Waals surface area (Å²) in [4.78, 5) is 0. The zero-order chi connectivity index (χ0) is 24.8. The fourth-order valence-corrected chi connectivity index (χ4v) is 5.98. The molecule has 1 aromatic carbocycles. The molecule has 0 N–H and O–H groups in total. The highest BCUT2D eigenvalue weighted by molar-refractivity contribution is 5.70. The number of aryl methyl sites for hydroxylation is 1. The van der Waals surface area contributed by atoms with Gasteiger partial charge < -0.3 is 0 Å². The third-order valence-corrected chi connectivity index (χ3v) is 7.98. The van der Waals surface area contributed by atoms with Crippen LogP contribution in [0.3, 0.4) is 0 Å². The summed E-state index contributed by atoms with van der Waals surface area (Å²) in [6.07, 6.45) is 15.7. The van der Waals surface area contributed by atoms with E-state index in [4.69, 9.17) is 5.10 Å². The Morgan fingerprint density at radius 3 is 2.49 bits per heavy atom. The fraction of sp³-hybridized carbons (Fsp3) is 0.531. The van der Waals surface area contributed by atoms with Gasteiger partial charge in [0.15, 0.2) is 0 Å². The summed E-state index contributed by atoms with van der Waals surface area (Å²) in [5.74, 6) is 1.46. The highest BCUT2D eigenvalue weighted by Crippen LogP contribution is 2.40. The Labute approximate surface area is 212 Å². The Morgan fingerprint density at radius 2 is 1.83 bits per heavy atom. The van der Waals surface area contributed by atoms with E-state index in [9.17, 15) is 4.39 Å². The summed E-state index contributed by atoms with van der Waals surface area (Å²) in [6, 6.07) is 10.6. The van der Waals surface area contributed by atoms with Crippen LogP contribution in [0.4, 0.5) is 4.39 Å². The molecular weight excluding hydrogens is 431 g/mol. The summed E-state index contributed by atoms with van der Waals surface area (Å²) < 4.78 is 17.0. The lowest BCUT2D eigenvalue weighted by molar-refractivity contribution is 0.232. The molecule has 4 rings (SSSR count). The van der Waals surface area contributed by atoms with Gasteiger partial charge in [0.2, 0.25) is 0 Å². The van der Waals surface area contributed by atoms with Gasteiger partial charge in [-0.05, 0) is 81.4 Å². The molecule has 0 amide bonds. The van der Waals surface area contributed by atoms with Crippen molar-refractivity contribution in [2.45, 2.75) is 97.4 Å². The second-order valence-corrected chi connectivity index (χ2v) is 11.0. The fourth-order valence-electron chi connectivity index (χ4n) is 5.98. The highest BCUT2D eigenvalue weighted by atomic mass is 19.1. The molecule has 0 bridgehead atoms. The quantitative estimate of drug-likeness (QED) is 0.314. The van der Waals surface area contributed by atoms with Gasteiger partial charge in [0.1, 0.15) is 5.83 Å². The molecule has 1 atom stereocenters. The standard InChI is InChI=1S/C32H43FN2/c1-5-10-30-31(27-13-7-6-8-14-27)32(28-20-15-24(4)29(33)21-28)35(34-30)22-26-18-16-25(17-19-26)12-9-11-23(2)3/h6-8,13-15,21,25-26,28H,2,5,9-12,16-20,22H2,1,3-4H3. The molecule has 1 saturated carbocycles. The molecule has 0 radical (unpaired) electrons. The monoisotopic (exact) mass is 474 g/mol. The number of halogens is 1. The van der Waals surface area contributed by atoms with Crippen molar-refractivity contribution in [2.75, 3.05) is 0 Å². The van der Waals surface area contributed by atoms with Crippen molar-refractivity contribution in [1.29, 1.82) is 0 Å². The van der Waals surface area contributed by atoms with Crippen molar-refractivity contribution >= 4 is 0 Å². The highest BCUT2D eigenvalue weighted by Gasteiger charge is 2.29. The van der Waals surface area contributed by atoms with Crippen LogP contribution in [-0.4, -0.2) is 9.78 Å². The topological polar surface area (TPSA) is 17.8 Å². The maximum Gasteiger partial charge on any atom is 0.122 e. The first kappa shape index (κ1) is 25.7. The average molecular weight is 475 g/mol. The molecule has 3 heteroatoms. The first-order valence-corrected chi connectivity index (χ1v) is 13.8. The lowest BCUT2D eigenvalue weighted by Gasteiger charge is -2.29. The number of rotatable bonds is 10. The van der Waals surface area contributed by atoms with Crippen LogP contribution in [0.15, 0.2) is 66.0 Å². The van der Waals surface area contributed by atoms with Crippen molar-refractivity contribution in [3.63, 3.8) is 0 Å². The van der Waals surface area contributed by atoms with Crippen LogP contribution in [0.1, 0.15) is 95.9 Å². The van der Waals surface area contributed by atoms with E-state index in [1.54, 1.807) is 0 Å². The SMILES string of the molecule is C=C(C)CCCC1CCC(Cn2nc(CCC)c(-c3ccccc3)c2C2C=C(F)C(C)=CC2)CC1. The van der Waals surface area contributed by atoms with Gasteiger partial charge >= 0.3 is 0 Å². The molecule has 1 aromatic heterocycles. The minimum atomic E-state index is -0.0830. The number of hydrogen-bond acceptors (Lipinski definition) is 1. The first-order chi connectivity index (χ1) is 17.0. The molecule has 0 spiro atoms. The predicted octanol–water partition coefficient (Wildman–Crippen LogP) is 9.34. The van der Waals surface area contributed by atoms with Crippen LogP contribution < -0.4 is 0 Å². The molecule has 188 valence electrons. The van der Waals surface area contributed by atoms with E-state index in [0.717, 1.165) is 37.3 Å². The third-order valence-electron chi connectivity index (χ3n) is 7.98. The Morgan fingerprint density at radius 1 is 1.11 bits per heavy atom. The molecule has 2 aliphatic carbocycles. The second-order valence-electron chi connectivity index (χ2n) is 11.0. The van der Waals surface area contributed by atoms with Crippen LogP contribution in [0, 0.1) is 11.8 Å².